The van der Waals surface area contributed by atoms with Crippen LogP contribution in [0.2, 0.25) is 0 Å². The summed E-state index contributed by atoms with van der Waals surface area (Å²) in [5, 5.41) is 12.4. The van der Waals surface area contributed by atoms with Gasteiger partial charge in [0.2, 0.25) is 0 Å². The second-order valence-corrected chi connectivity index (χ2v) is 5.11. The Morgan fingerprint density at radius 2 is 1.72 bits per heavy atom. The molecule has 3 heteroatoms. The van der Waals surface area contributed by atoms with Crippen LogP contribution in [0.1, 0.15) is 16.7 Å². The van der Waals surface area contributed by atoms with Gasteiger partial charge in [0, 0.05) is 10.2 Å². The Morgan fingerprint density at radius 3 is 2.33 bits per heavy atom. The molecule has 0 aliphatic rings. The summed E-state index contributed by atoms with van der Waals surface area (Å²) >= 11 is 3.48. The summed E-state index contributed by atoms with van der Waals surface area (Å²) in [5.74, 6) is 0. The molecule has 0 aliphatic heterocycles. The fourth-order valence-corrected chi connectivity index (χ4v) is 2.62. The highest BCUT2D eigenvalue weighted by Gasteiger charge is 2.07. The van der Waals surface area contributed by atoms with Crippen LogP contribution in [0.5, 0.6) is 0 Å². The SMILES string of the molecule is Cc1cc(Br)cc(C)c1Nc1ccccc1C#N. The molecule has 0 radical (unpaired) electrons. The first kappa shape index (κ1) is 12.7. The van der Waals surface area contributed by atoms with E-state index < -0.39 is 0 Å². The Morgan fingerprint density at radius 1 is 1.11 bits per heavy atom. The van der Waals surface area contributed by atoms with Crippen molar-refractivity contribution in [3.63, 3.8) is 0 Å². The van der Waals surface area contributed by atoms with Crippen LogP contribution in [0.3, 0.4) is 0 Å². The first-order valence-corrected chi connectivity index (χ1v) is 6.44. The molecule has 2 aromatic rings. The molecule has 0 fully saturated rings. The zero-order valence-electron chi connectivity index (χ0n) is 10.3. The molecule has 0 saturated carbocycles. The van der Waals surface area contributed by atoms with Gasteiger partial charge < -0.3 is 5.32 Å². The maximum Gasteiger partial charge on any atom is 0.101 e. The standard InChI is InChI=1S/C15H13BrN2/c1-10-7-13(16)8-11(2)15(10)18-14-6-4-3-5-12(14)9-17/h3-8,18H,1-2H3. The van der Waals surface area contributed by atoms with E-state index in [1.807, 2.05) is 24.3 Å². The minimum atomic E-state index is 0.652. The van der Waals surface area contributed by atoms with Crippen molar-refractivity contribution in [3.05, 3.63) is 57.6 Å². The second kappa shape index (κ2) is 5.24. The summed E-state index contributed by atoms with van der Waals surface area (Å²) in [6.45, 7) is 4.10. The Balaban J connectivity index is 2.44. The minimum absolute atomic E-state index is 0.652. The number of nitriles is 1. The molecule has 1 N–H and O–H groups in total. The lowest BCUT2D eigenvalue weighted by Crippen LogP contribution is -1.98. The largest absolute Gasteiger partial charge is 0.354 e. The number of para-hydroxylation sites is 1. The van der Waals surface area contributed by atoms with Crippen molar-refractivity contribution in [1.29, 1.82) is 5.26 Å². The van der Waals surface area contributed by atoms with Crippen molar-refractivity contribution >= 4 is 27.3 Å². The van der Waals surface area contributed by atoms with Crippen LogP contribution >= 0.6 is 15.9 Å². The van der Waals surface area contributed by atoms with Crippen molar-refractivity contribution < 1.29 is 0 Å². The Bertz CT molecular complexity index is 604. The van der Waals surface area contributed by atoms with Crippen molar-refractivity contribution in [2.75, 3.05) is 5.32 Å². The van der Waals surface area contributed by atoms with Crippen LogP contribution in [0, 0.1) is 25.2 Å². The number of hydrogen-bond donors (Lipinski definition) is 1. The zero-order valence-corrected chi connectivity index (χ0v) is 11.9. The van der Waals surface area contributed by atoms with Crippen molar-refractivity contribution in [2.45, 2.75) is 13.8 Å². The van der Waals surface area contributed by atoms with E-state index in [9.17, 15) is 0 Å². The molecule has 0 aromatic heterocycles. The Labute approximate surface area is 115 Å². The van der Waals surface area contributed by atoms with E-state index in [0.29, 0.717) is 5.56 Å². The van der Waals surface area contributed by atoms with Crippen molar-refractivity contribution in [1.82, 2.24) is 0 Å². The van der Waals surface area contributed by atoms with E-state index in [2.05, 4.69) is 53.3 Å². The summed E-state index contributed by atoms with van der Waals surface area (Å²) in [4.78, 5) is 0. The van der Waals surface area contributed by atoms with Gasteiger partial charge in [-0.1, -0.05) is 28.1 Å². The Kier molecular flexibility index (Phi) is 3.69. The molecular formula is C15H13BrN2. The summed E-state index contributed by atoms with van der Waals surface area (Å²) in [6.07, 6.45) is 0. The molecule has 18 heavy (non-hydrogen) atoms. The van der Waals surface area contributed by atoms with Crippen molar-refractivity contribution in [3.8, 4) is 6.07 Å². The zero-order chi connectivity index (χ0) is 13.1. The van der Waals surface area contributed by atoms with Crippen LogP contribution in [-0.4, -0.2) is 0 Å². The number of nitrogens with one attached hydrogen (secondary N) is 1. The van der Waals surface area contributed by atoms with E-state index in [0.717, 1.165) is 27.0 Å². The molecule has 0 bridgehead atoms. The topological polar surface area (TPSA) is 35.8 Å². The number of nitrogens with zero attached hydrogens (tertiary/aromatic N) is 1. The normalized spacial score (nSPS) is 9.89. The first-order chi connectivity index (χ1) is 8.61. The lowest BCUT2D eigenvalue weighted by Gasteiger charge is -2.14. The number of hydrogen-bond acceptors (Lipinski definition) is 2. The fraction of sp³-hybridized carbons (Fsp3) is 0.133. The van der Waals surface area contributed by atoms with E-state index in [4.69, 9.17) is 5.26 Å². The number of halogens is 1. The van der Waals surface area contributed by atoms with Crippen LogP contribution in [0.4, 0.5) is 11.4 Å². The van der Waals surface area contributed by atoms with E-state index in [-0.39, 0.29) is 0 Å². The van der Waals surface area contributed by atoms with Gasteiger partial charge >= 0.3 is 0 Å². The summed E-state index contributed by atoms with van der Waals surface area (Å²) in [5.41, 5.74) is 4.85. The van der Waals surface area contributed by atoms with E-state index in [1.54, 1.807) is 0 Å². The molecule has 0 spiro atoms. The van der Waals surface area contributed by atoms with Crippen LogP contribution in [0.15, 0.2) is 40.9 Å². The maximum absolute atomic E-state index is 9.08. The van der Waals surface area contributed by atoms with Gasteiger partial charge in [0.15, 0.2) is 0 Å². The third-order valence-corrected chi connectivity index (χ3v) is 3.26. The maximum atomic E-state index is 9.08. The molecule has 0 amide bonds. The highest BCUT2D eigenvalue weighted by molar-refractivity contribution is 9.10. The molecule has 0 atom stereocenters. The number of rotatable bonds is 2. The van der Waals surface area contributed by atoms with Gasteiger partial charge in [-0.15, -0.1) is 0 Å². The van der Waals surface area contributed by atoms with Gasteiger partial charge in [0.25, 0.3) is 0 Å². The Hall–Kier alpha value is -1.79. The molecule has 0 saturated heterocycles. The lowest BCUT2D eigenvalue weighted by atomic mass is 10.1. The third-order valence-electron chi connectivity index (χ3n) is 2.80. The predicted octanol–water partition coefficient (Wildman–Crippen LogP) is 4.68. The predicted molar refractivity (Wildman–Crippen MR) is 78.1 cm³/mol. The van der Waals surface area contributed by atoms with Gasteiger partial charge in [-0.05, 0) is 49.2 Å². The number of anilines is 2. The molecule has 0 heterocycles. The first-order valence-electron chi connectivity index (χ1n) is 5.64. The van der Waals surface area contributed by atoms with Gasteiger partial charge in [-0.2, -0.15) is 5.26 Å². The molecular weight excluding hydrogens is 288 g/mol. The van der Waals surface area contributed by atoms with Crippen LogP contribution < -0.4 is 5.32 Å². The molecule has 2 rings (SSSR count). The summed E-state index contributed by atoms with van der Waals surface area (Å²) in [6, 6.07) is 13.8. The summed E-state index contributed by atoms with van der Waals surface area (Å²) in [7, 11) is 0. The number of benzene rings is 2. The summed E-state index contributed by atoms with van der Waals surface area (Å²) < 4.78 is 1.07. The molecule has 2 aromatic carbocycles. The quantitative estimate of drug-likeness (QED) is 0.874. The highest BCUT2D eigenvalue weighted by Crippen LogP contribution is 2.29. The third kappa shape index (κ3) is 2.55. The van der Waals surface area contributed by atoms with E-state index >= 15 is 0 Å². The minimum Gasteiger partial charge on any atom is -0.354 e. The lowest BCUT2D eigenvalue weighted by molar-refractivity contribution is 1.34. The highest BCUT2D eigenvalue weighted by atomic mass is 79.9. The van der Waals surface area contributed by atoms with Crippen LogP contribution in [-0.2, 0) is 0 Å². The van der Waals surface area contributed by atoms with Gasteiger partial charge in [-0.3, -0.25) is 0 Å². The van der Waals surface area contributed by atoms with Crippen LogP contribution in [0.25, 0.3) is 0 Å². The number of aryl methyl sites for hydroxylation is 2. The average molecular weight is 301 g/mol. The smallest absolute Gasteiger partial charge is 0.101 e. The average Bonchev–Trinajstić information content (AvgIpc) is 2.34. The molecule has 2 nitrogen and oxygen atoms in total. The molecule has 0 unspecified atom stereocenters. The van der Waals surface area contributed by atoms with Gasteiger partial charge in [-0.25, -0.2) is 0 Å². The fourth-order valence-electron chi connectivity index (χ4n) is 1.93. The molecule has 90 valence electrons. The van der Waals surface area contributed by atoms with E-state index in [1.165, 1.54) is 0 Å². The molecule has 0 aliphatic carbocycles. The van der Waals surface area contributed by atoms with Gasteiger partial charge in [0.05, 0.1) is 11.3 Å². The van der Waals surface area contributed by atoms with Crippen molar-refractivity contribution in [2.24, 2.45) is 0 Å². The monoisotopic (exact) mass is 300 g/mol. The van der Waals surface area contributed by atoms with Gasteiger partial charge in [0.1, 0.15) is 6.07 Å². The second-order valence-electron chi connectivity index (χ2n) is 4.20.